The predicted octanol–water partition coefficient (Wildman–Crippen LogP) is 3.37. The molecule has 25 heavy (non-hydrogen) atoms. The van der Waals surface area contributed by atoms with E-state index in [1.54, 1.807) is 35.1 Å². The zero-order valence-electron chi connectivity index (χ0n) is 13.8. The van der Waals surface area contributed by atoms with Gasteiger partial charge < -0.3 is 5.32 Å². The SMILES string of the molecule is CCC(=O)c1ccc(NC(=O)C[n+]2cc3ccccc3cn2)cc1.I. The molecule has 128 valence electrons. The third kappa shape index (κ3) is 4.82. The first-order valence-corrected chi connectivity index (χ1v) is 7.83. The maximum atomic E-state index is 12.2. The van der Waals surface area contributed by atoms with E-state index in [9.17, 15) is 9.59 Å². The Labute approximate surface area is 163 Å². The average molecular weight is 448 g/mol. The van der Waals surface area contributed by atoms with Crippen LogP contribution in [0.5, 0.6) is 0 Å². The largest absolute Gasteiger partial charge is 0.321 e. The summed E-state index contributed by atoms with van der Waals surface area (Å²) < 4.78 is 1.60. The van der Waals surface area contributed by atoms with Gasteiger partial charge in [0.15, 0.2) is 5.78 Å². The van der Waals surface area contributed by atoms with Gasteiger partial charge in [0.25, 0.3) is 12.5 Å². The highest BCUT2D eigenvalue weighted by Crippen LogP contribution is 2.11. The molecule has 0 unspecified atom stereocenters. The number of nitrogens with zero attached hydrogens (tertiary/aromatic N) is 2. The van der Waals surface area contributed by atoms with E-state index >= 15 is 0 Å². The van der Waals surface area contributed by atoms with Crippen LogP contribution in [0.1, 0.15) is 23.7 Å². The van der Waals surface area contributed by atoms with Gasteiger partial charge in [-0.1, -0.05) is 29.8 Å². The number of rotatable bonds is 5. The lowest BCUT2D eigenvalue weighted by Crippen LogP contribution is -2.43. The fourth-order valence-electron chi connectivity index (χ4n) is 2.45. The van der Waals surface area contributed by atoms with Crippen LogP contribution in [0, 0.1) is 0 Å². The summed E-state index contributed by atoms with van der Waals surface area (Å²) in [5.41, 5.74) is 1.31. The second kappa shape index (κ2) is 8.66. The summed E-state index contributed by atoms with van der Waals surface area (Å²) in [4.78, 5) is 23.8. The Morgan fingerprint density at radius 3 is 2.40 bits per heavy atom. The van der Waals surface area contributed by atoms with Gasteiger partial charge in [0.1, 0.15) is 6.20 Å². The van der Waals surface area contributed by atoms with Gasteiger partial charge in [-0.05, 0) is 35.4 Å². The summed E-state index contributed by atoms with van der Waals surface area (Å²) in [7, 11) is 0. The fourth-order valence-corrected chi connectivity index (χ4v) is 2.45. The number of Topliss-reactive ketones (excluding diaryl/α,β-unsaturated/α-hetero) is 1. The maximum Gasteiger partial charge on any atom is 0.292 e. The molecule has 0 bridgehead atoms. The molecule has 2 aromatic carbocycles. The van der Waals surface area contributed by atoms with Crippen LogP contribution in [0.15, 0.2) is 60.9 Å². The van der Waals surface area contributed by atoms with Gasteiger partial charge in [0.2, 0.25) is 6.20 Å². The van der Waals surface area contributed by atoms with Crippen LogP contribution in [-0.4, -0.2) is 16.8 Å². The molecule has 1 aromatic heterocycles. The number of fused-ring (bicyclic) bond motifs is 1. The van der Waals surface area contributed by atoms with Gasteiger partial charge in [-0.2, -0.15) is 0 Å². The average Bonchev–Trinajstić information content (AvgIpc) is 2.61. The van der Waals surface area contributed by atoms with Crippen LogP contribution in [0.3, 0.4) is 0 Å². The second-order valence-electron chi connectivity index (χ2n) is 5.50. The van der Waals surface area contributed by atoms with Gasteiger partial charge in [0, 0.05) is 28.4 Å². The molecule has 0 atom stereocenters. The number of anilines is 1. The van der Waals surface area contributed by atoms with Gasteiger partial charge in [-0.25, -0.2) is 0 Å². The Balaban J connectivity index is 0.00000225. The van der Waals surface area contributed by atoms with Crippen molar-refractivity contribution in [3.05, 3.63) is 66.5 Å². The third-order valence-corrected chi connectivity index (χ3v) is 3.75. The summed E-state index contributed by atoms with van der Waals surface area (Å²) in [6, 6.07) is 14.8. The number of aromatic nitrogens is 2. The maximum absolute atomic E-state index is 12.2. The molecular weight excluding hydrogens is 429 g/mol. The Kier molecular flexibility index (Phi) is 6.58. The van der Waals surface area contributed by atoms with Crippen molar-refractivity contribution in [1.82, 2.24) is 5.10 Å². The quantitative estimate of drug-likeness (QED) is 0.370. The van der Waals surface area contributed by atoms with Crippen LogP contribution in [0.25, 0.3) is 10.8 Å². The zero-order valence-corrected chi connectivity index (χ0v) is 16.1. The fraction of sp³-hybridized carbons (Fsp3) is 0.158. The Hall–Kier alpha value is -2.35. The van der Waals surface area contributed by atoms with Crippen molar-refractivity contribution >= 4 is 52.1 Å². The van der Waals surface area contributed by atoms with Crippen LogP contribution in [0.2, 0.25) is 0 Å². The molecule has 0 saturated carbocycles. The molecule has 0 aliphatic heterocycles. The number of benzene rings is 2. The molecule has 0 saturated heterocycles. The van der Waals surface area contributed by atoms with Crippen molar-refractivity contribution in [1.29, 1.82) is 0 Å². The minimum Gasteiger partial charge on any atom is -0.321 e. The van der Waals surface area contributed by atoms with Crippen LogP contribution in [0.4, 0.5) is 5.69 Å². The Morgan fingerprint density at radius 2 is 1.72 bits per heavy atom. The summed E-state index contributed by atoms with van der Waals surface area (Å²) in [6.07, 6.45) is 4.06. The van der Waals surface area contributed by atoms with E-state index in [0.717, 1.165) is 10.8 Å². The molecular formula is C19H19IN3O2+. The first kappa shape index (κ1) is 19.0. The standard InChI is InChI=1S/C19H17N3O2.HI/c1-2-18(23)14-7-9-17(10-8-14)21-19(24)13-22-12-16-6-4-3-5-15(16)11-20-22;/h3-12H,2,13H2,1H3;1H/p+1. The lowest BCUT2D eigenvalue weighted by molar-refractivity contribution is -0.740. The van der Waals surface area contributed by atoms with E-state index in [-0.39, 0.29) is 42.2 Å². The highest BCUT2D eigenvalue weighted by atomic mass is 127. The van der Waals surface area contributed by atoms with E-state index in [1.807, 2.05) is 37.4 Å². The van der Waals surface area contributed by atoms with Crippen LogP contribution >= 0.6 is 24.0 Å². The highest BCUT2D eigenvalue weighted by Gasteiger charge is 2.12. The van der Waals surface area contributed by atoms with Crippen molar-refractivity contribution in [2.24, 2.45) is 0 Å². The number of carbonyl (C=O) groups is 2. The number of ketones is 1. The minimum atomic E-state index is -0.169. The van der Waals surface area contributed by atoms with E-state index in [4.69, 9.17) is 0 Å². The Bertz CT molecular complexity index is 895. The summed E-state index contributed by atoms with van der Waals surface area (Å²) in [6.45, 7) is 1.95. The normalized spacial score (nSPS) is 10.1. The first-order valence-electron chi connectivity index (χ1n) is 7.83. The molecule has 0 spiro atoms. The van der Waals surface area contributed by atoms with Crippen LogP contribution < -0.4 is 10.00 Å². The molecule has 6 heteroatoms. The third-order valence-electron chi connectivity index (χ3n) is 3.75. The zero-order chi connectivity index (χ0) is 16.9. The summed E-state index contributed by atoms with van der Waals surface area (Å²) in [5.74, 6) is -0.0823. The molecule has 1 heterocycles. The van der Waals surface area contributed by atoms with Gasteiger partial charge in [-0.3, -0.25) is 9.59 Å². The topological polar surface area (TPSA) is 62.9 Å². The smallest absolute Gasteiger partial charge is 0.292 e. The van der Waals surface area contributed by atoms with E-state index in [1.165, 1.54) is 0 Å². The van der Waals surface area contributed by atoms with Crippen molar-refractivity contribution in [3.63, 3.8) is 0 Å². The molecule has 0 fully saturated rings. The highest BCUT2D eigenvalue weighted by molar-refractivity contribution is 14.0. The molecule has 0 aliphatic rings. The van der Waals surface area contributed by atoms with Gasteiger partial charge in [-0.15, -0.1) is 24.0 Å². The lowest BCUT2D eigenvalue weighted by Gasteiger charge is -2.04. The monoisotopic (exact) mass is 448 g/mol. The predicted molar refractivity (Wildman–Crippen MR) is 107 cm³/mol. The molecule has 1 amide bonds. The second-order valence-corrected chi connectivity index (χ2v) is 5.50. The van der Waals surface area contributed by atoms with Gasteiger partial charge >= 0.3 is 0 Å². The van der Waals surface area contributed by atoms with E-state index in [2.05, 4.69) is 10.4 Å². The number of halogens is 1. The lowest BCUT2D eigenvalue weighted by atomic mass is 10.1. The molecule has 0 aliphatic carbocycles. The molecule has 0 radical (unpaired) electrons. The number of hydrogen-bond donors (Lipinski definition) is 1. The van der Waals surface area contributed by atoms with Crippen molar-refractivity contribution in [2.75, 3.05) is 5.32 Å². The van der Waals surface area contributed by atoms with Crippen molar-refractivity contribution in [3.8, 4) is 0 Å². The van der Waals surface area contributed by atoms with E-state index in [0.29, 0.717) is 17.7 Å². The number of carbonyl (C=O) groups excluding carboxylic acids is 2. The number of amides is 1. The molecule has 3 aromatic rings. The molecule has 3 rings (SSSR count). The Morgan fingerprint density at radius 1 is 1.04 bits per heavy atom. The first-order chi connectivity index (χ1) is 11.7. The molecule has 1 N–H and O–H groups in total. The molecule has 5 nitrogen and oxygen atoms in total. The number of nitrogens with one attached hydrogen (secondary N) is 1. The minimum absolute atomic E-state index is 0. The summed E-state index contributed by atoms with van der Waals surface area (Å²) in [5, 5.41) is 9.12. The van der Waals surface area contributed by atoms with Crippen LogP contribution in [-0.2, 0) is 11.3 Å². The van der Waals surface area contributed by atoms with E-state index < -0.39 is 0 Å². The summed E-state index contributed by atoms with van der Waals surface area (Å²) >= 11 is 0. The van der Waals surface area contributed by atoms with Gasteiger partial charge in [0.05, 0.1) is 0 Å². The van der Waals surface area contributed by atoms with Crippen molar-refractivity contribution < 1.29 is 14.3 Å². The number of hydrogen-bond acceptors (Lipinski definition) is 3. The van der Waals surface area contributed by atoms with Crippen molar-refractivity contribution in [2.45, 2.75) is 19.9 Å².